The fraction of sp³-hybridized carbons (Fsp3) is 0.379. The van der Waals surface area contributed by atoms with Gasteiger partial charge in [0.05, 0.1) is 6.61 Å². The zero-order chi connectivity index (χ0) is 20.8. The maximum absolute atomic E-state index is 5.72. The molecule has 1 aliphatic rings. The Morgan fingerprint density at radius 1 is 0.800 bits per heavy atom. The van der Waals surface area contributed by atoms with Crippen molar-refractivity contribution in [1.82, 2.24) is 0 Å². The molecule has 4 rings (SSSR count). The molecule has 0 amide bonds. The predicted molar refractivity (Wildman–Crippen MR) is 127 cm³/mol. The van der Waals surface area contributed by atoms with Crippen LogP contribution in [-0.4, -0.2) is 6.61 Å². The molecule has 0 heterocycles. The SMILES string of the molecule is CCCCc1ccc(C2CCc3cc(-c4ccc(OCCC)cc4)ccc3C2)cc1. The molecule has 0 saturated carbocycles. The van der Waals surface area contributed by atoms with Gasteiger partial charge in [-0.3, -0.25) is 0 Å². The Morgan fingerprint density at radius 2 is 1.57 bits per heavy atom. The second-order valence-electron chi connectivity index (χ2n) is 8.64. The minimum atomic E-state index is 0.651. The Balaban J connectivity index is 1.44. The van der Waals surface area contributed by atoms with E-state index < -0.39 is 0 Å². The largest absolute Gasteiger partial charge is 0.494 e. The van der Waals surface area contributed by atoms with Gasteiger partial charge < -0.3 is 4.74 Å². The number of unbranched alkanes of at least 4 members (excludes halogenated alkanes) is 1. The maximum Gasteiger partial charge on any atom is 0.119 e. The highest BCUT2D eigenvalue weighted by molar-refractivity contribution is 5.66. The lowest BCUT2D eigenvalue weighted by Gasteiger charge is -2.26. The van der Waals surface area contributed by atoms with Gasteiger partial charge in [-0.05, 0) is 90.0 Å². The van der Waals surface area contributed by atoms with Crippen molar-refractivity contribution >= 4 is 0 Å². The molecule has 3 aromatic rings. The van der Waals surface area contributed by atoms with Gasteiger partial charge in [-0.25, -0.2) is 0 Å². The molecule has 1 atom stereocenters. The molecular weight excluding hydrogens is 364 g/mol. The van der Waals surface area contributed by atoms with Crippen molar-refractivity contribution in [3.8, 4) is 16.9 Å². The monoisotopic (exact) mass is 398 g/mol. The first kappa shape index (κ1) is 20.7. The molecule has 1 heteroatoms. The maximum atomic E-state index is 5.72. The van der Waals surface area contributed by atoms with Crippen molar-refractivity contribution in [3.05, 3.63) is 89.0 Å². The summed E-state index contributed by atoms with van der Waals surface area (Å²) < 4.78 is 5.72. The molecule has 0 aliphatic heterocycles. The Bertz CT molecular complexity index is 937. The van der Waals surface area contributed by atoms with E-state index >= 15 is 0 Å². The third kappa shape index (κ3) is 4.95. The van der Waals surface area contributed by atoms with E-state index in [1.807, 2.05) is 0 Å². The Kier molecular flexibility index (Phi) is 6.89. The first-order valence-electron chi connectivity index (χ1n) is 11.7. The van der Waals surface area contributed by atoms with Crippen molar-refractivity contribution < 1.29 is 4.74 Å². The van der Waals surface area contributed by atoms with Gasteiger partial charge in [0, 0.05) is 0 Å². The lowest BCUT2D eigenvalue weighted by atomic mass is 9.79. The standard InChI is InChI=1S/C29H34O/c1-3-5-6-22-7-9-23(10-8-22)25-11-13-28-21-26(12-14-27(28)20-25)24-15-17-29(18-16-24)30-19-4-2/h7-10,12,14-18,21,25H,3-6,11,13,19-20H2,1-2H3. The van der Waals surface area contributed by atoms with Gasteiger partial charge in [-0.1, -0.05) is 74.9 Å². The molecule has 0 bridgehead atoms. The van der Waals surface area contributed by atoms with E-state index in [1.54, 1.807) is 0 Å². The number of benzene rings is 3. The van der Waals surface area contributed by atoms with Gasteiger partial charge in [0.25, 0.3) is 0 Å². The van der Waals surface area contributed by atoms with E-state index in [9.17, 15) is 0 Å². The summed E-state index contributed by atoms with van der Waals surface area (Å²) in [5.74, 6) is 1.61. The van der Waals surface area contributed by atoms with Crippen molar-refractivity contribution in [2.45, 2.75) is 64.7 Å². The molecule has 0 spiro atoms. The molecule has 30 heavy (non-hydrogen) atoms. The molecule has 0 N–H and O–H groups in total. The van der Waals surface area contributed by atoms with Gasteiger partial charge >= 0.3 is 0 Å². The van der Waals surface area contributed by atoms with Crippen LogP contribution in [0.15, 0.2) is 66.7 Å². The summed E-state index contributed by atoms with van der Waals surface area (Å²) in [4.78, 5) is 0. The smallest absolute Gasteiger partial charge is 0.119 e. The molecule has 1 aliphatic carbocycles. The van der Waals surface area contributed by atoms with Crippen LogP contribution in [0.4, 0.5) is 0 Å². The number of aryl methyl sites for hydroxylation is 2. The number of fused-ring (bicyclic) bond motifs is 1. The first-order valence-corrected chi connectivity index (χ1v) is 11.7. The number of hydrogen-bond donors (Lipinski definition) is 0. The molecule has 0 radical (unpaired) electrons. The molecule has 156 valence electrons. The summed E-state index contributed by atoms with van der Waals surface area (Å²) in [5.41, 5.74) is 8.61. The first-order chi connectivity index (χ1) is 14.8. The average molecular weight is 399 g/mol. The molecule has 1 unspecified atom stereocenters. The molecule has 1 nitrogen and oxygen atoms in total. The second-order valence-corrected chi connectivity index (χ2v) is 8.64. The minimum Gasteiger partial charge on any atom is -0.494 e. The summed E-state index contributed by atoms with van der Waals surface area (Å²) in [7, 11) is 0. The Labute approximate surface area is 182 Å². The van der Waals surface area contributed by atoms with Crippen molar-refractivity contribution in [2.75, 3.05) is 6.61 Å². The zero-order valence-electron chi connectivity index (χ0n) is 18.5. The van der Waals surface area contributed by atoms with Crippen LogP contribution in [0.5, 0.6) is 5.75 Å². The number of ether oxygens (including phenoxy) is 1. The lowest BCUT2D eigenvalue weighted by molar-refractivity contribution is 0.317. The highest BCUT2D eigenvalue weighted by Gasteiger charge is 2.20. The van der Waals surface area contributed by atoms with Crippen LogP contribution in [0.3, 0.4) is 0 Å². The highest BCUT2D eigenvalue weighted by Crippen LogP contribution is 2.35. The van der Waals surface area contributed by atoms with Crippen LogP contribution < -0.4 is 4.74 Å². The van der Waals surface area contributed by atoms with Crippen molar-refractivity contribution in [1.29, 1.82) is 0 Å². The van der Waals surface area contributed by atoms with Gasteiger partial charge in [-0.2, -0.15) is 0 Å². The summed E-state index contributed by atoms with van der Waals surface area (Å²) in [5, 5.41) is 0. The second kappa shape index (κ2) is 9.98. The van der Waals surface area contributed by atoms with Gasteiger partial charge in [0.15, 0.2) is 0 Å². The van der Waals surface area contributed by atoms with Gasteiger partial charge in [0.1, 0.15) is 5.75 Å². The number of rotatable bonds is 8. The molecule has 0 aromatic heterocycles. The molecular formula is C29H34O. The zero-order valence-corrected chi connectivity index (χ0v) is 18.5. The molecule has 0 fully saturated rings. The van der Waals surface area contributed by atoms with E-state index in [-0.39, 0.29) is 0 Å². The topological polar surface area (TPSA) is 9.23 Å². The van der Waals surface area contributed by atoms with Crippen LogP contribution in [0, 0.1) is 0 Å². The molecule has 3 aromatic carbocycles. The third-order valence-corrected chi connectivity index (χ3v) is 6.37. The molecule has 0 saturated heterocycles. The average Bonchev–Trinajstić information content (AvgIpc) is 2.81. The van der Waals surface area contributed by atoms with Crippen LogP contribution in [-0.2, 0) is 19.3 Å². The lowest BCUT2D eigenvalue weighted by Crippen LogP contribution is -2.13. The summed E-state index contributed by atoms with van der Waals surface area (Å²) in [6.07, 6.45) is 8.37. The summed E-state index contributed by atoms with van der Waals surface area (Å²) >= 11 is 0. The Hall–Kier alpha value is -2.54. The highest BCUT2D eigenvalue weighted by atomic mass is 16.5. The van der Waals surface area contributed by atoms with Gasteiger partial charge in [-0.15, -0.1) is 0 Å². The Morgan fingerprint density at radius 3 is 2.30 bits per heavy atom. The van der Waals surface area contributed by atoms with E-state index in [0.717, 1.165) is 25.2 Å². The third-order valence-electron chi connectivity index (χ3n) is 6.37. The van der Waals surface area contributed by atoms with E-state index in [1.165, 1.54) is 65.5 Å². The quantitative estimate of drug-likeness (QED) is 0.377. The van der Waals surface area contributed by atoms with Crippen molar-refractivity contribution in [3.63, 3.8) is 0 Å². The van der Waals surface area contributed by atoms with E-state index in [2.05, 4.69) is 80.6 Å². The fourth-order valence-corrected chi connectivity index (χ4v) is 4.52. The summed E-state index contributed by atoms with van der Waals surface area (Å²) in [6.45, 7) is 5.17. The fourth-order valence-electron chi connectivity index (χ4n) is 4.52. The van der Waals surface area contributed by atoms with Crippen LogP contribution in [0.1, 0.15) is 67.7 Å². The minimum absolute atomic E-state index is 0.651. The van der Waals surface area contributed by atoms with Crippen LogP contribution in [0.25, 0.3) is 11.1 Å². The van der Waals surface area contributed by atoms with Gasteiger partial charge in [0.2, 0.25) is 0 Å². The predicted octanol–water partition coefficient (Wildman–Crippen LogP) is 7.76. The summed E-state index contributed by atoms with van der Waals surface area (Å²) in [6, 6.07) is 25.0. The van der Waals surface area contributed by atoms with E-state index in [0.29, 0.717) is 5.92 Å². The van der Waals surface area contributed by atoms with Crippen molar-refractivity contribution in [2.24, 2.45) is 0 Å². The van der Waals surface area contributed by atoms with Crippen LogP contribution >= 0.6 is 0 Å². The van der Waals surface area contributed by atoms with E-state index in [4.69, 9.17) is 4.74 Å². The van der Waals surface area contributed by atoms with Crippen LogP contribution in [0.2, 0.25) is 0 Å². The number of hydrogen-bond acceptors (Lipinski definition) is 1. The normalized spacial score (nSPS) is 15.6.